The van der Waals surface area contributed by atoms with Crippen LogP contribution in [-0.2, 0) is 26.2 Å². The second-order valence-electron chi connectivity index (χ2n) is 6.13. The van der Waals surface area contributed by atoms with E-state index in [1.807, 2.05) is 6.07 Å². The van der Waals surface area contributed by atoms with Gasteiger partial charge in [-0.2, -0.15) is 5.10 Å². The normalized spacial score (nSPS) is 15.0. The molecule has 120 valence electrons. The average Bonchev–Trinajstić information content (AvgIpc) is 3.04. The molecule has 1 aliphatic heterocycles. The Labute approximate surface area is 139 Å². The number of hydrogen-bond acceptors (Lipinski definition) is 5. The molecule has 0 saturated heterocycles. The Kier molecular flexibility index (Phi) is 4.11. The highest BCUT2D eigenvalue weighted by molar-refractivity contribution is 7.18. The van der Waals surface area contributed by atoms with Crippen molar-refractivity contribution in [2.24, 2.45) is 0 Å². The average molecular weight is 327 g/mol. The molecule has 4 rings (SSSR count). The summed E-state index contributed by atoms with van der Waals surface area (Å²) in [5.74, 6) is 0. The molecule has 0 atom stereocenters. The predicted octanol–water partition coefficient (Wildman–Crippen LogP) is 2.62. The molecule has 1 N–H and O–H groups in total. The third-order valence-corrected chi connectivity index (χ3v) is 5.14. The number of benzene rings is 1. The molecule has 2 aromatic heterocycles. The predicted molar refractivity (Wildman–Crippen MR) is 93.3 cm³/mol. The number of nitrogens with zero attached hydrogens (tertiary/aromatic N) is 4. The van der Waals surface area contributed by atoms with Gasteiger partial charge in [-0.15, -0.1) is 11.3 Å². The molecule has 1 aliphatic rings. The molecule has 6 heteroatoms. The minimum Gasteiger partial charge on any atom is -0.311 e. The maximum absolute atomic E-state index is 4.75. The molecule has 23 heavy (non-hydrogen) atoms. The van der Waals surface area contributed by atoms with E-state index in [1.54, 1.807) is 11.3 Å². The Morgan fingerprint density at radius 3 is 3.13 bits per heavy atom. The van der Waals surface area contributed by atoms with E-state index in [0.29, 0.717) is 0 Å². The summed E-state index contributed by atoms with van der Waals surface area (Å²) >= 11 is 1.78. The third-order valence-electron chi connectivity index (χ3n) is 4.12. The molecule has 3 heterocycles. The molecule has 0 amide bonds. The van der Waals surface area contributed by atoms with E-state index >= 15 is 0 Å². The molecule has 0 fully saturated rings. The van der Waals surface area contributed by atoms with Gasteiger partial charge in [-0.3, -0.25) is 9.58 Å². The van der Waals surface area contributed by atoms with Crippen molar-refractivity contribution in [3.63, 3.8) is 0 Å². The topological polar surface area (TPSA) is 46.0 Å². The maximum Gasteiger partial charge on any atom is 0.108 e. The first kappa shape index (κ1) is 14.8. The number of thiazole rings is 1. The third kappa shape index (κ3) is 3.29. The Bertz CT molecular complexity index is 750. The maximum atomic E-state index is 4.75. The van der Waals surface area contributed by atoms with E-state index in [9.17, 15) is 0 Å². The van der Waals surface area contributed by atoms with Gasteiger partial charge in [0.25, 0.3) is 0 Å². The fourth-order valence-corrected chi connectivity index (χ4v) is 4.10. The van der Waals surface area contributed by atoms with Crippen molar-refractivity contribution in [2.45, 2.75) is 32.6 Å². The van der Waals surface area contributed by atoms with Crippen LogP contribution in [0.15, 0.2) is 30.3 Å². The van der Waals surface area contributed by atoms with Crippen LogP contribution in [0.2, 0.25) is 0 Å². The first-order chi connectivity index (χ1) is 11.3. The lowest BCUT2D eigenvalue weighted by molar-refractivity contribution is 0.313. The van der Waals surface area contributed by atoms with E-state index in [1.165, 1.54) is 10.4 Å². The van der Waals surface area contributed by atoms with E-state index in [2.05, 4.69) is 46.2 Å². The molecule has 0 aliphatic carbocycles. The number of nitrogens with one attached hydrogen (secondary N) is 1. The SMILES string of the molecule is CN(Cc1cc2n(n1)CCCNC2)Cc1nc2ccccc2s1. The summed E-state index contributed by atoms with van der Waals surface area (Å²) in [4.78, 5) is 7.00. The molecule has 1 aromatic carbocycles. The molecular weight excluding hydrogens is 306 g/mol. The van der Waals surface area contributed by atoms with Crippen LogP contribution >= 0.6 is 11.3 Å². The smallest absolute Gasteiger partial charge is 0.108 e. The van der Waals surface area contributed by atoms with Crippen molar-refractivity contribution >= 4 is 21.6 Å². The van der Waals surface area contributed by atoms with E-state index in [-0.39, 0.29) is 0 Å². The molecule has 0 saturated carbocycles. The molecule has 0 unspecified atom stereocenters. The van der Waals surface area contributed by atoms with Gasteiger partial charge in [-0.25, -0.2) is 4.98 Å². The van der Waals surface area contributed by atoms with Crippen LogP contribution in [-0.4, -0.2) is 33.3 Å². The lowest BCUT2D eigenvalue weighted by atomic mass is 10.3. The van der Waals surface area contributed by atoms with E-state index < -0.39 is 0 Å². The van der Waals surface area contributed by atoms with Gasteiger partial charge in [0, 0.05) is 19.6 Å². The largest absolute Gasteiger partial charge is 0.311 e. The zero-order valence-electron chi connectivity index (χ0n) is 13.3. The van der Waals surface area contributed by atoms with Crippen LogP contribution < -0.4 is 5.32 Å². The van der Waals surface area contributed by atoms with Gasteiger partial charge < -0.3 is 5.32 Å². The van der Waals surface area contributed by atoms with Gasteiger partial charge >= 0.3 is 0 Å². The van der Waals surface area contributed by atoms with Gasteiger partial charge in [0.1, 0.15) is 5.01 Å². The highest BCUT2D eigenvalue weighted by Gasteiger charge is 2.13. The van der Waals surface area contributed by atoms with Gasteiger partial charge in [-0.05, 0) is 38.2 Å². The highest BCUT2D eigenvalue weighted by atomic mass is 32.1. The monoisotopic (exact) mass is 327 g/mol. The molecule has 0 radical (unpaired) electrons. The Morgan fingerprint density at radius 2 is 2.22 bits per heavy atom. The molecule has 3 aromatic rings. The van der Waals surface area contributed by atoms with E-state index in [4.69, 9.17) is 10.1 Å². The number of aryl methyl sites for hydroxylation is 1. The summed E-state index contributed by atoms with van der Waals surface area (Å²) in [6.07, 6.45) is 1.15. The molecular formula is C17H21N5S. The fourth-order valence-electron chi connectivity index (χ4n) is 3.05. The first-order valence-electron chi connectivity index (χ1n) is 8.07. The van der Waals surface area contributed by atoms with Crippen LogP contribution in [0.25, 0.3) is 10.2 Å². The second kappa shape index (κ2) is 6.39. The van der Waals surface area contributed by atoms with Crippen LogP contribution in [0.4, 0.5) is 0 Å². The van der Waals surface area contributed by atoms with Crippen molar-refractivity contribution in [3.8, 4) is 0 Å². The molecule has 0 spiro atoms. The van der Waals surface area contributed by atoms with Gasteiger partial charge in [-0.1, -0.05) is 12.1 Å². The van der Waals surface area contributed by atoms with Gasteiger partial charge in [0.05, 0.1) is 28.1 Å². The Hall–Kier alpha value is -1.76. The summed E-state index contributed by atoms with van der Waals surface area (Å²) in [6, 6.07) is 10.6. The number of hydrogen-bond donors (Lipinski definition) is 1. The van der Waals surface area contributed by atoms with Crippen LogP contribution in [0.5, 0.6) is 0 Å². The quantitative estimate of drug-likeness (QED) is 0.800. The minimum atomic E-state index is 0.857. The minimum absolute atomic E-state index is 0.857. The van der Waals surface area contributed by atoms with Crippen LogP contribution in [0.1, 0.15) is 22.8 Å². The summed E-state index contributed by atoms with van der Waals surface area (Å²) in [6.45, 7) is 4.74. The van der Waals surface area contributed by atoms with Crippen molar-refractivity contribution in [2.75, 3.05) is 13.6 Å². The lowest BCUT2D eigenvalue weighted by Crippen LogP contribution is -2.17. The van der Waals surface area contributed by atoms with Crippen molar-refractivity contribution in [1.29, 1.82) is 0 Å². The lowest BCUT2D eigenvalue weighted by Gasteiger charge is -2.13. The zero-order valence-corrected chi connectivity index (χ0v) is 14.1. The van der Waals surface area contributed by atoms with Crippen LogP contribution in [0, 0.1) is 0 Å². The van der Waals surface area contributed by atoms with Crippen LogP contribution in [0.3, 0.4) is 0 Å². The summed E-state index contributed by atoms with van der Waals surface area (Å²) in [5.41, 5.74) is 3.54. The van der Waals surface area contributed by atoms with Crippen molar-refractivity contribution in [3.05, 3.63) is 46.7 Å². The summed E-state index contributed by atoms with van der Waals surface area (Å²) in [5, 5.41) is 9.36. The van der Waals surface area contributed by atoms with Crippen molar-refractivity contribution < 1.29 is 0 Å². The highest BCUT2D eigenvalue weighted by Crippen LogP contribution is 2.22. The molecule has 0 bridgehead atoms. The molecule has 5 nitrogen and oxygen atoms in total. The number of para-hydroxylation sites is 1. The number of fused-ring (bicyclic) bond motifs is 2. The number of rotatable bonds is 4. The zero-order chi connectivity index (χ0) is 15.6. The van der Waals surface area contributed by atoms with Gasteiger partial charge in [0.15, 0.2) is 0 Å². The van der Waals surface area contributed by atoms with E-state index in [0.717, 1.165) is 55.4 Å². The Morgan fingerprint density at radius 1 is 1.30 bits per heavy atom. The summed E-state index contributed by atoms with van der Waals surface area (Å²) in [7, 11) is 2.13. The fraction of sp³-hybridized carbons (Fsp3) is 0.412. The standard InChI is InChI=1S/C17H21N5S/c1-21(12-17-19-15-5-2-3-6-16(15)23-17)11-13-9-14-10-18-7-4-8-22(14)20-13/h2-3,5-6,9,18H,4,7-8,10-12H2,1H3. The van der Waals surface area contributed by atoms with Gasteiger partial charge in [0.2, 0.25) is 0 Å². The summed E-state index contributed by atoms with van der Waals surface area (Å²) < 4.78 is 3.41. The second-order valence-corrected chi connectivity index (χ2v) is 7.24. The first-order valence-corrected chi connectivity index (χ1v) is 8.89. The Balaban J connectivity index is 1.44. The van der Waals surface area contributed by atoms with Crippen molar-refractivity contribution in [1.82, 2.24) is 25.0 Å². The number of aromatic nitrogens is 3.